The first-order valence-corrected chi connectivity index (χ1v) is 6.44. The van der Waals surface area contributed by atoms with Crippen molar-refractivity contribution in [3.05, 3.63) is 59.4 Å². The molecule has 3 aromatic rings. The number of rotatable bonds is 3. The van der Waals surface area contributed by atoms with Crippen molar-refractivity contribution in [2.75, 3.05) is 5.43 Å². The number of nitrogens with one attached hydrogen (secondary N) is 2. The Bertz CT molecular complexity index is 779. The van der Waals surface area contributed by atoms with E-state index in [-0.39, 0.29) is 5.75 Å². The summed E-state index contributed by atoms with van der Waals surface area (Å²) in [5.74, 6) is 0.789. The van der Waals surface area contributed by atoms with Gasteiger partial charge in [0.1, 0.15) is 5.75 Å². The van der Waals surface area contributed by atoms with Crippen LogP contribution in [-0.4, -0.2) is 20.0 Å². The van der Waals surface area contributed by atoms with Gasteiger partial charge >= 0.3 is 0 Å². The van der Waals surface area contributed by atoms with E-state index < -0.39 is 0 Å². The zero-order valence-electron chi connectivity index (χ0n) is 10.4. The molecular weight excluding hydrogens is 272 g/mol. The molecule has 0 aliphatic heterocycles. The fourth-order valence-electron chi connectivity index (χ4n) is 1.88. The van der Waals surface area contributed by atoms with Crippen molar-refractivity contribution < 1.29 is 5.11 Å². The number of nitrogens with zero attached hydrogens (tertiary/aromatic N) is 2. The van der Waals surface area contributed by atoms with E-state index in [1.807, 2.05) is 36.4 Å². The molecule has 0 aliphatic rings. The predicted octanol–water partition coefficient (Wildman–Crippen LogP) is 3.19. The van der Waals surface area contributed by atoms with E-state index in [2.05, 4.69) is 15.6 Å². The van der Waals surface area contributed by atoms with Crippen molar-refractivity contribution in [3.63, 3.8) is 0 Å². The van der Waals surface area contributed by atoms with Gasteiger partial charge in [0.2, 0.25) is 4.77 Å². The summed E-state index contributed by atoms with van der Waals surface area (Å²) in [6.45, 7) is 0. The van der Waals surface area contributed by atoms with Gasteiger partial charge in [-0.05, 0) is 36.5 Å². The first-order chi connectivity index (χ1) is 9.74. The SMILES string of the molecule is Oc1cccc(-c2n[nH]c(=S)n2Nc2ccccc2)c1. The van der Waals surface area contributed by atoms with Crippen LogP contribution in [0.2, 0.25) is 0 Å². The summed E-state index contributed by atoms with van der Waals surface area (Å²) in [7, 11) is 0. The molecule has 100 valence electrons. The lowest BCUT2D eigenvalue weighted by atomic mass is 10.2. The van der Waals surface area contributed by atoms with Crippen molar-refractivity contribution in [3.8, 4) is 17.1 Å². The standard InChI is InChI=1S/C14H12N4OS/c19-12-8-4-5-10(9-12)13-15-16-14(20)18(13)17-11-6-2-1-3-7-11/h1-9,17,19H,(H,16,20). The fraction of sp³-hybridized carbons (Fsp3) is 0. The van der Waals surface area contributed by atoms with E-state index in [4.69, 9.17) is 12.2 Å². The Morgan fingerprint density at radius 3 is 2.65 bits per heavy atom. The van der Waals surface area contributed by atoms with Crippen LogP contribution in [0.1, 0.15) is 0 Å². The minimum Gasteiger partial charge on any atom is -0.508 e. The zero-order valence-corrected chi connectivity index (χ0v) is 11.3. The van der Waals surface area contributed by atoms with E-state index in [1.165, 1.54) is 0 Å². The number of hydrogen-bond acceptors (Lipinski definition) is 4. The maximum atomic E-state index is 9.57. The van der Waals surface area contributed by atoms with Crippen molar-refractivity contribution >= 4 is 17.9 Å². The third-order valence-electron chi connectivity index (χ3n) is 2.79. The smallest absolute Gasteiger partial charge is 0.214 e. The molecule has 0 saturated heterocycles. The maximum Gasteiger partial charge on any atom is 0.214 e. The number of aromatic nitrogens is 3. The summed E-state index contributed by atoms with van der Waals surface area (Å²) in [4.78, 5) is 0. The van der Waals surface area contributed by atoms with Gasteiger partial charge in [-0.1, -0.05) is 30.3 Å². The summed E-state index contributed by atoms with van der Waals surface area (Å²) in [5.41, 5.74) is 4.84. The van der Waals surface area contributed by atoms with Crippen LogP contribution >= 0.6 is 12.2 Å². The molecule has 0 bridgehead atoms. The second kappa shape index (κ2) is 5.18. The minimum absolute atomic E-state index is 0.183. The van der Waals surface area contributed by atoms with E-state index >= 15 is 0 Å². The highest BCUT2D eigenvalue weighted by molar-refractivity contribution is 7.71. The monoisotopic (exact) mass is 284 g/mol. The van der Waals surface area contributed by atoms with Crippen LogP contribution in [0.4, 0.5) is 5.69 Å². The lowest BCUT2D eigenvalue weighted by Crippen LogP contribution is -2.10. The normalized spacial score (nSPS) is 10.4. The number of phenolic OH excluding ortho intramolecular Hbond substituents is 1. The topological polar surface area (TPSA) is 65.9 Å². The van der Waals surface area contributed by atoms with Crippen molar-refractivity contribution in [2.45, 2.75) is 0 Å². The number of anilines is 1. The highest BCUT2D eigenvalue weighted by Gasteiger charge is 2.09. The van der Waals surface area contributed by atoms with Gasteiger partial charge in [-0.3, -0.25) is 5.43 Å². The second-order valence-electron chi connectivity index (χ2n) is 4.22. The largest absolute Gasteiger partial charge is 0.508 e. The van der Waals surface area contributed by atoms with Gasteiger partial charge in [-0.15, -0.1) is 0 Å². The van der Waals surface area contributed by atoms with Crippen LogP contribution in [0, 0.1) is 4.77 Å². The molecule has 3 rings (SSSR count). The Kier molecular flexibility index (Phi) is 3.22. The molecule has 0 spiro atoms. The maximum absolute atomic E-state index is 9.57. The van der Waals surface area contributed by atoms with Crippen LogP contribution in [0.15, 0.2) is 54.6 Å². The highest BCUT2D eigenvalue weighted by atomic mass is 32.1. The Balaban J connectivity index is 2.04. The summed E-state index contributed by atoms with van der Waals surface area (Å²) in [6, 6.07) is 16.5. The lowest BCUT2D eigenvalue weighted by molar-refractivity contribution is 0.475. The summed E-state index contributed by atoms with van der Waals surface area (Å²) in [6.07, 6.45) is 0. The average molecular weight is 284 g/mol. The first kappa shape index (κ1) is 12.4. The quantitative estimate of drug-likeness (QED) is 0.646. The van der Waals surface area contributed by atoms with Gasteiger partial charge in [0.15, 0.2) is 5.82 Å². The van der Waals surface area contributed by atoms with Gasteiger partial charge in [-0.2, -0.15) is 5.10 Å². The summed E-state index contributed by atoms with van der Waals surface area (Å²) >= 11 is 5.22. The Labute approximate surface area is 120 Å². The molecule has 1 aromatic heterocycles. The molecule has 0 saturated carbocycles. The van der Waals surface area contributed by atoms with Crippen LogP contribution in [-0.2, 0) is 0 Å². The van der Waals surface area contributed by atoms with Gasteiger partial charge in [-0.25, -0.2) is 9.77 Å². The van der Waals surface area contributed by atoms with E-state index in [9.17, 15) is 5.11 Å². The van der Waals surface area contributed by atoms with Gasteiger partial charge in [0.05, 0.1) is 5.69 Å². The zero-order chi connectivity index (χ0) is 13.9. The molecule has 2 aromatic carbocycles. The van der Waals surface area contributed by atoms with Crippen LogP contribution in [0.5, 0.6) is 5.75 Å². The highest BCUT2D eigenvalue weighted by Crippen LogP contribution is 2.21. The second-order valence-corrected chi connectivity index (χ2v) is 4.60. The number of phenols is 1. The van der Waals surface area contributed by atoms with Gasteiger partial charge < -0.3 is 5.11 Å². The number of para-hydroxylation sites is 1. The van der Waals surface area contributed by atoms with Crippen LogP contribution < -0.4 is 5.43 Å². The van der Waals surface area contributed by atoms with E-state index in [0.29, 0.717) is 10.6 Å². The van der Waals surface area contributed by atoms with E-state index in [1.54, 1.807) is 22.9 Å². The molecule has 0 atom stereocenters. The number of hydrogen-bond donors (Lipinski definition) is 3. The molecule has 0 aliphatic carbocycles. The van der Waals surface area contributed by atoms with Crippen LogP contribution in [0.25, 0.3) is 11.4 Å². The third kappa shape index (κ3) is 2.41. The minimum atomic E-state index is 0.183. The molecule has 0 fully saturated rings. The number of aromatic amines is 1. The third-order valence-corrected chi connectivity index (χ3v) is 3.07. The summed E-state index contributed by atoms with van der Waals surface area (Å²) < 4.78 is 2.12. The molecule has 0 amide bonds. The number of aromatic hydroxyl groups is 1. The van der Waals surface area contributed by atoms with Gasteiger partial charge in [0, 0.05) is 5.56 Å². The molecule has 5 nitrogen and oxygen atoms in total. The molecule has 0 unspecified atom stereocenters. The Hall–Kier alpha value is -2.60. The van der Waals surface area contributed by atoms with Gasteiger partial charge in [0.25, 0.3) is 0 Å². The number of benzene rings is 2. The Morgan fingerprint density at radius 2 is 1.90 bits per heavy atom. The number of H-pyrrole nitrogens is 1. The first-order valence-electron chi connectivity index (χ1n) is 6.03. The molecule has 1 heterocycles. The van der Waals surface area contributed by atoms with Crippen molar-refractivity contribution in [1.82, 2.24) is 14.9 Å². The fourth-order valence-corrected chi connectivity index (χ4v) is 2.06. The van der Waals surface area contributed by atoms with Crippen molar-refractivity contribution in [1.29, 1.82) is 0 Å². The molecule has 6 heteroatoms. The molecular formula is C14H12N4OS. The molecule has 20 heavy (non-hydrogen) atoms. The molecule has 3 N–H and O–H groups in total. The van der Waals surface area contributed by atoms with Crippen LogP contribution in [0.3, 0.4) is 0 Å². The predicted molar refractivity (Wildman–Crippen MR) is 80.0 cm³/mol. The summed E-state index contributed by atoms with van der Waals surface area (Å²) in [5, 5.41) is 16.5. The van der Waals surface area contributed by atoms with Crippen molar-refractivity contribution in [2.24, 2.45) is 0 Å². The average Bonchev–Trinajstić information content (AvgIpc) is 2.82. The molecule has 0 radical (unpaired) electrons. The Morgan fingerprint density at radius 1 is 1.10 bits per heavy atom. The lowest BCUT2D eigenvalue weighted by Gasteiger charge is -2.09. The van der Waals surface area contributed by atoms with E-state index in [0.717, 1.165) is 11.3 Å².